The Morgan fingerprint density at radius 3 is 1.88 bits per heavy atom. The molecule has 0 atom stereocenters. The summed E-state index contributed by atoms with van der Waals surface area (Å²) in [7, 11) is -6.43. The zero-order valence-corrected chi connectivity index (χ0v) is 24.5. The molecule has 0 radical (unpaired) electrons. The molecule has 4 rings (SSSR count). The molecule has 0 fully saturated rings. The van der Waals surface area contributed by atoms with Crippen LogP contribution in [0, 0.1) is 6.92 Å². The van der Waals surface area contributed by atoms with Crippen LogP contribution in [0.15, 0.2) is 107 Å². The highest BCUT2D eigenvalue weighted by atomic mass is 32.2. The minimum absolute atomic E-state index is 0.00842. The summed E-state index contributed by atoms with van der Waals surface area (Å²) in [6, 6.07) is 25.4. The fourth-order valence-electron chi connectivity index (χ4n) is 3.97. The number of nitrogens with zero attached hydrogens (tertiary/aromatic N) is 1. The van der Waals surface area contributed by atoms with E-state index < -0.39 is 32.5 Å². The molecular formula is C30H31N3O6S2. The number of hydrogen-bond acceptors (Lipinski definition) is 6. The topological polar surface area (TPSA) is 122 Å². The summed E-state index contributed by atoms with van der Waals surface area (Å²) in [5.74, 6) is 0.00321. The van der Waals surface area contributed by atoms with E-state index in [2.05, 4.69) is 10.0 Å². The van der Waals surface area contributed by atoms with Gasteiger partial charge in [0.15, 0.2) is 0 Å². The lowest BCUT2D eigenvalue weighted by molar-refractivity contribution is -0.114. The van der Waals surface area contributed by atoms with Crippen molar-refractivity contribution in [2.45, 2.75) is 30.1 Å². The second-order valence-corrected chi connectivity index (χ2v) is 12.8. The third-order valence-electron chi connectivity index (χ3n) is 6.32. The van der Waals surface area contributed by atoms with Gasteiger partial charge in [0.05, 0.1) is 22.6 Å². The summed E-state index contributed by atoms with van der Waals surface area (Å²) in [6.45, 7) is 3.37. The molecule has 0 heterocycles. The van der Waals surface area contributed by atoms with Gasteiger partial charge < -0.3 is 10.1 Å². The van der Waals surface area contributed by atoms with Crippen LogP contribution in [0.25, 0.3) is 0 Å². The Hall–Kier alpha value is -4.35. The van der Waals surface area contributed by atoms with Gasteiger partial charge in [0.2, 0.25) is 5.91 Å². The highest BCUT2D eigenvalue weighted by Gasteiger charge is 2.27. The molecule has 214 valence electrons. The van der Waals surface area contributed by atoms with Gasteiger partial charge in [-0.2, -0.15) is 0 Å². The minimum Gasteiger partial charge on any atom is -0.497 e. The molecule has 0 bridgehead atoms. The number of nitrogens with one attached hydrogen (secondary N) is 2. The van der Waals surface area contributed by atoms with E-state index in [4.69, 9.17) is 4.74 Å². The van der Waals surface area contributed by atoms with Crippen molar-refractivity contribution >= 4 is 43.0 Å². The third-order valence-corrected chi connectivity index (χ3v) is 9.50. The molecule has 0 unspecified atom stereocenters. The monoisotopic (exact) mass is 593 g/mol. The molecule has 2 N–H and O–H groups in total. The van der Waals surface area contributed by atoms with Crippen LogP contribution in [0.4, 0.5) is 17.1 Å². The van der Waals surface area contributed by atoms with Crippen molar-refractivity contribution in [2.24, 2.45) is 0 Å². The highest BCUT2D eigenvalue weighted by Crippen LogP contribution is 2.25. The van der Waals surface area contributed by atoms with Crippen molar-refractivity contribution in [3.8, 4) is 5.75 Å². The Kier molecular flexibility index (Phi) is 8.99. The molecule has 0 spiro atoms. The summed E-state index contributed by atoms with van der Waals surface area (Å²) >= 11 is 0. The average molecular weight is 594 g/mol. The Morgan fingerprint density at radius 2 is 1.32 bits per heavy atom. The molecule has 41 heavy (non-hydrogen) atoms. The van der Waals surface area contributed by atoms with Crippen molar-refractivity contribution < 1.29 is 26.4 Å². The molecule has 0 saturated carbocycles. The molecule has 11 heteroatoms. The normalized spacial score (nSPS) is 11.5. The van der Waals surface area contributed by atoms with Crippen molar-refractivity contribution in [2.75, 3.05) is 28.0 Å². The predicted octanol–water partition coefficient (Wildman–Crippen LogP) is 5.20. The number of anilines is 3. The average Bonchev–Trinajstić information content (AvgIpc) is 2.96. The van der Waals surface area contributed by atoms with Crippen molar-refractivity contribution in [3.63, 3.8) is 0 Å². The predicted molar refractivity (Wildman–Crippen MR) is 160 cm³/mol. The van der Waals surface area contributed by atoms with Crippen LogP contribution in [-0.4, -0.2) is 36.4 Å². The quantitative estimate of drug-likeness (QED) is 0.247. The molecule has 0 saturated heterocycles. The van der Waals surface area contributed by atoms with Crippen LogP contribution in [-0.2, 0) is 31.3 Å². The van der Waals surface area contributed by atoms with Gasteiger partial charge >= 0.3 is 0 Å². The number of benzene rings is 4. The van der Waals surface area contributed by atoms with Crippen molar-refractivity contribution in [3.05, 3.63) is 108 Å². The van der Waals surface area contributed by atoms with E-state index in [-0.39, 0.29) is 9.79 Å². The third kappa shape index (κ3) is 7.24. The number of rotatable bonds is 11. The standard InChI is InChI=1S/C30H31N3O6S2/c1-4-23-7-13-26(14-8-23)33(41(37,38)29-17-5-22(2)6-18-29)21-30(34)31-24-11-19-28(20-12-24)40(35,36)32-25-9-15-27(39-3)16-10-25/h5-20,32H,4,21H2,1-3H3,(H,31,34). The van der Waals surface area contributed by atoms with E-state index >= 15 is 0 Å². The van der Waals surface area contributed by atoms with Crippen LogP contribution >= 0.6 is 0 Å². The number of ether oxygens (including phenoxy) is 1. The summed E-state index contributed by atoms with van der Waals surface area (Å²) in [6.07, 6.45) is 0.785. The molecule has 1 amide bonds. The van der Waals surface area contributed by atoms with Crippen LogP contribution in [0.5, 0.6) is 5.75 Å². The first-order valence-corrected chi connectivity index (χ1v) is 15.7. The van der Waals surface area contributed by atoms with Gasteiger partial charge in [0.25, 0.3) is 20.0 Å². The fourth-order valence-corrected chi connectivity index (χ4v) is 6.45. The Balaban J connectivity index is 1.51. The van der Waals surface area contributed by atoms with E-state index in [1.54, 1.807) is 48.5 Å². The molecule has 0 aliphatic rings. The number of carbonyl (C=O) groups excluding carboxylic acids is 1. The number of hydrogen-bond donors (Lipinski definition) is 2. The Bertz CT molecular complexity index is 1700. The first kappa shape index (κ1) is 29.6. The van der Waals surface area contributed by atoms with Gasteiger partial charge in [-0.25, -0.2) is 16.8 Å². The number of methoxy groups -OCH3 is 1. The molecule has 0 aromatic heterocycles. The lowest BCUT2D eigenvalue weighted by Crippen LogP contribution is -2.38. The van der Waals surface area contributed by atoms with E-state index in [1.807, 2.05) is 26.0 Å². The van der Waals surface area contributed by atoms with Crippen molar-refractivity contribution in [1.29, 1.82) is 0 Å². The minimum atomic E-state index is -4.06. The van der Waals surface area contributed by atoms with Gasteiger partial charge in [-0.05, 0) is 91.7 Å². The Labute approximate surface area is 240 Å². The van der Waals surface area contributed by atoms with E-state index in [0.29, 0.717) is 22.8 Å². The largest absolute Gasteiger partial charge is 0.497 e. The first-order valence-electron chi connectivity index (χ1n) is 12.8. The summed E-state index contributed by atoms with van der Waals surface area (Å²) in [5, 5.41) is 2.66. The summed E-state index contributed by atoms with van der Waals surface area (Å²) in [5.41, 5.74) is 2.97. The molecule has 0 aliphatic carbocycles. The number of aryl methyl sites for hydroxylation is 2. The van der Waals surface area contributed by atoms with E-state index in [0.717, 1.165) is 21.9 Å². The van der Waals surface area contributed by atoms with Crippen LogP contribution in [0.2, 0.25) is 0 Å². The maximum atomic E-state index is 13.6. The molecular weight excluding hydrogens is 562 g/mol. The second kappa shape index (κ2) is 12.4. The van der Waals surface area contributed by atoms with Crippen LogP contribution < -0.4 is 19.1 Å². The Morgan fingerprint density at radius 1 is 0.756 bits per heavy atom. The zero-order valence-electron chi connectivity index (χ0n) is 22.9. The smallest absolute Gasteiger partial charge is 0.264 e. The lowest BCUT2D eigenvalue weighted by Gasteiger charge is -2.24. The second-order valence-electron chi connectivity index (χ2n) is 9.25. The van der Waals surface area contributed by atoms with Gasteiger partial charge in [-0.15, -0.1) is 0 Å². The summed E-state index contributed by atoms with van der Waals surface area (Å²) in [4.78, 5) is 13.1. The van der Waals surface area contributed by atoms with Gasteiger partial charge in [-0.1, -0.05) is 36.8 Å². The van der Waals surface area contributed by atoms with Gasteiger partial charge in [0, 0.05) is 11.4 Å². The number of amides is 1. The van der Waals surface area contributed by atoms with E-state index in [9.17, 15) is 21.6 Å². The maximum Gasteiger partial charge on any atom is 0.264 e. The van der Waals surface area contributed by atoms with Gasteiger partial charge in [-0.3, -0.25) is 13.8 Å². The molecule has 4 aromatic rings. The molecule has 4 aromatic carbocycles. The first-order chi connectivity index (χ1) is 19.5. The number of sulfonamides is 2. The zero-order chi connectivity index (χ0) is 29.6. The number of carbonyl (C=O) groups is 1. The highest BCUT2D eigenvalue weighted by molar-refractivity contribution is 7.93. The lowest BCUT2D eigenvalue weighted by atomic mass is 10.1. The SMILES string of the molecule is CCc1ccc(N(CC(=O)Nc2ccc(S(=O)(=O)Nc3ccc(OC)cc3)cc2)S(=O)(=O)c2ccc(C)cc2)cc1. The van der Waals surface area contributed by atoms with Crippen LogP contribution in [0.1, 0.15) is 18.1 Å². The molecule has 9 nitrogen and oxygen atoms in total. The maximum absolute atomic E-state index is 13.6. The fraction of sp³-hybridized carbons (Fsp3) is 0.167. The van der Waals surface area contributed by atoms with E-state index in [1.165, 1.54) is 43.5 Å². The van der Waals surface area contributed by atoms with Crippen molar-refractivity contribution in [1.82, 2.24) is 0 Å². The van der Waals surface area contributed by atoms with Crippen LogP contribution in [0.3, 0.4) is 0 Å². The molecule has 0 aliphatic heterocycles. The van der Waals surface area contributed by atoms with Gasteiger partial charge in [0.1, 0.15) is 12.3 Å². The summed E-state index contributed by atoms with van der Waals surface area (Å²) < 4.78 is 61.4.